The molecule has 12 nitrogen and oxygen atoms in total. The molecule has 5 rings (SSSR count). The van der Waals surface area contributed by atoms with Crippen molar-refractivity contribution in [2.45, 2.75) is 114 Å². The van der Waals surface area contributed by atoms with Gasteiger partial charge in [0.1, 0.15) is 29.3 Å². The Morgan fingerprint density at radius 1 is 1.09 bits per heavy atom. The molecule has 1 aliphatic carbocycles. The van der Waals surface area contributed by atoms with E-state index in [1.54, 1.807) is 25.7 Å². The van der Waals surface area contributed by atoms with Crippen molar-refractivity contribution in [3.05, 3.63) is 47.5 Å². The van der Waals surface area contributed by atoms with Crippen molar-refractivity contribution in [2.75, 3.05) is 13.1 Å². The van der Waals surface area contributed by atoms with Crippen molar-refractivity contribution in [1.29, 1.82) is 0 Å². The number of nitrogens with one attached hydrogen (secondary N) is 2. The predicted molar refractivity (Wildman–Crippen MR) is 168 cm³/mol. The zero-order chi connectivity index (χ0) is 33.2. The number of rotatable bonds is 3. The van der Waals surface area contributed by atoms with E-state index in [-0.39, 0.29) is 31.2 Å². The third kappa shape index (κ3) is 7.47. The number of benzene rings is 1. The molecule has 250 valence electrons. The first-order valence-corrected chi connectivity index (χ1v) is 16.3. The van der Waals surface area contributed by atoms with Crippen LogP contribution in [-0.2, 0) is 30.4 Å². The molecule has 0 spiro atoms. The highest BCUT2D eigenvalue weighted by molar-refractivity contribution is 5.96. The van der Waals surface area contributed by atoms with E-state index < -0.39 is 59.3 Å². The Hall–Kier alpha value is -4.09. The third-order valence-corrected chi connectivity index (χ3v) is 9.28. The standard InChI is InChI=1S/C34H46N4O8/c1-21-18-37(19-22-12-10-11-14-25(21)22)32(44)45-24-16-27-28(39)36-34(30(41)42)17-23(34)13-8-6-5-7-9-15-26(29(40)38(27)20-24)35-31(43)46-33(2,3)4/h8,10-14,21,23-24,26-27H,5-7,9,15-20H2,1-4H3,(H,35,43)(H,36,39)(H,41,42)/b13-8+/t21-,23-,24-,26+,27+,34-/m1/s1. The smallest absolute Gasteiger partial charge is 0.410 e. The van der Waals surface area contributed by atoms with E-state index >= 15 is 0 Å². The number of carbonyl (C=O) groups excluding carboxylic acids is 4. The Kier molecular flexibility index (Phi) is 9.65. The van der Waals surface area contributed by atoms with Crippen LogP contribution < -0.4 is 10.6 Å². The molecular weight excluding hydrogens is 592 g/mol. The Morgan fingerprint density at radius 2 is 1.85 bits per heavy atom. The summed E-state index contributed by atoms with van der Waals surface area (Å²) in [5, 5.41) is 15.5. The van der Waals surface area contributed by atoms with Crippen molar-refractivity contribution in [2.24, 2.45) is 5.92 Å². The Morgan fingerprint density at radius 3 is 2.59 bits per heavy atom. The highest BCUT2D eigenvalue weighted by Gasteiger charge is 2.61. The molecule has 3 heterocycles. The summed E-state index contributed by atoms with van der Waals surface area (Å²) in [5.74, 6) is -2.52. The van der Waals surface area contributed by atoms with Crippen LogP contribution in [0.1, 0.15) is 89.7 Å². The summed E-state index contributed by atoms with van der Waals surface area (Å²) in [4.78, 5) is 69.4. The number of aliphatic carboxylic acids is 1. The van der Waals surface area contributed by atoms with Crippen molar-refractivity contribution >= 4 is 30.0 Å². The molecule has 1 saturated carbocycles. The normalized spacial score (nSPS) is 30.7. The molecule has 4 aliphatic rings. The number of carbonyl (C=O) groups is 5. The van der Waals surface area contributed by atoms with Gasteiger partial charge in [0, 0.05) is 25.4 Å². The maximum absolute atomic E-state index is 14.1. The van der Waals surface area contributed by atoms with E-state index in [4.69, 9.17) is 9.47 Å². The quantitative estimate of drug-likeness (QED) is 0.419. The van der Waals surface area contributed by atoms with Crippen molar-refractivity contribution in [1.82, 2.24) is 20.4 Å². The van der Waals surface area contributed by atoms with E-state index in [2.05, 4.69) is 16.7 Å². The number of alkyl carbamates (subject to hydrolysis) is 1. The van der Waals surface area contributed by atoms with Gasteiger partial charge in [-0.15, -0.1) is 0 Å². The molecule has 2 fully saturated rings. The molecule has 3 N–H and O–H groups in total. The topological polar surface area (TPSA) is 155 Å². The molecule has 0 radical (unpaired) electrons. The minimum Gasteiger partial charge on any atom is -0.479 e. The Bertz CT molecular complexity index is 1390. The average molecular weight is 639 g/mol. The first-order chi connectivity index (χ1) is 21.8. The van der Waals surface area contributed by atoms with E-state index in [9.17, 15) is 29.1 Å². The minimum absolute atomic E-state index is 0.00133. The SMILES string of the molecule is C[C@@H]1CN(C(=O)O[C@@H]2C[C@H]3C(=O)N[C@]4(C(=O)O)C[C@H]4/C=C/CCCCC[C@H](NC(=O)OC(C)(C)C)C(=O)N3C2)Cc2ccccc21. The van der Waals surface area contributed by atoms with Gasteiger partial charge in [-0.2, -0.15) is 0 Å². The highest BCUT2D eigenvalue weighted by Crippen LogP contribution is 2.45. The van der Waals surface area contributed by atoms with E-state index in [1.807, 2.05) is 37.3 Å². The fraction of sp³-hybridized carbons (Fsp3) is 0.618. The van der Waals surface area contributed by atoms with Crippen LogP contribution in [0.3, 0.4) is 0 Å². The van der Waals surface area contributed by atoms with Crippen molar-refractivity contribution in [3.8, 4) is 0 Å². The van der Waals surface area contributed by atoms with Crippen LogP contribution >= 0.6 is 0 Å². The van der Waals surface area contributed by atoms with Gasteiger partial charge in [0.15, 0.2) is 0 Å². The zero-order valence-electron chi connectivity index (χ0n) is 27.1. The van der Waals surface area contributed by atoms with Crippen LogP contribution in [0.2, 0.25) is 0 Å². The molecule has 46 heavy (non-hydrogen) atoms. The average Bonchev–Trinajstić information content (AvgIpc) is 3.52. The zero-order valence-corrected chi connectivity index (χ0v) is 27.1. The Labute approximate surface area is 269 Å². The summed E-state index contributed by atoms with van der Waals surface area (Å²) >= 11 is 0. The van der Waals surface area contributed by atoms with Crippen LogP contribution in [0.25, 0.3) is 0 Å². The number of nitrogens with zero attached hydrogens (tertiary/aromatic N) is 2. The summed E-state index contributed by atoms with van der Waals surface area (Å²) in [6.45, 7) is 8.00. The van der Waals surface area contributed by atoms with E-state index in [1.165, 1.54) is 10.5 Å². The number of allylic oxidation sites excluding steroid dienone is 1. The van der Waals surface area contributed by atoms with Crippen LogP contribution in [0, 0.1) is 5.92 Å². The molecule has 1 saturated heterocycles. The lowest BCUT2D eigenvalue weighted by atomic mass is 9.91. The lowest BCUT2D eigenvalue weighted by Crippen LogP contribution is -2.56. The number of ether oxygens (including phenoxy) is 2. The number of hydrogen-bond donors (Lipinski definition) is 3. The van der Waals surface area contributed by atoms with Gasteiger partial charge < -0.3 is 35.0 Å². The van der Waals surface area contributed by atoms with Gasteiger partial charge in [-0.25, -0.2) is 14.4 Å². The number of amides is 4. The second kappa shape index (κ2) is 13.3. The molecule has 0 bridgehead atoms. The van der Waals surface area contributed by atoms with Crippen molar-refractivity contribution in [3.63, 3.8) is 0 Å². The van der Waals surface area contributed by atoms with Gasteiger partial charge in [0.2, 0.25) is 11.8 Å². The second-order valence-electron chi connectivity index (χ2n) is 14.1. The van der Waals surface area contributed by atoms with Gasteiger partial charge >= 0.3 is 18.2 Å². The van der Waals surface area contributed by atoms with E-state index in [0.29, 0.717) is 25.9 Å². The maximum Gasteiger partial charge on any atom is 0.410 e. The van der Waals surface area contributed by atoms with Gasteiger partial charge in [-0.3, -0.25) is 9.59 Å². The fourth-order valence-electron chi connectivity index (χ4n) is 6.81. The minimum atomic E-state index is -1.46. The lowest BCUT2D eigenvalue weighted by molar-refractivity contribution is -0.145. The fourth-order valence-corrected chi connectivity index (χ4v) is 6.81. The second-order valence-corrected chi connectivity index (χ2v) is 14.1. The van der Waals surface area contributed by atoms with Crippen LogP contribution in [0.5, 0.6) is 0 Å². The van der Waals surface area contributed by atoms with Gasteiger partial charge in [0.05, 0.1) is 6.54 Å². The molecule has 1 aromatic carbocycles. The molecule has 12 heteroatoms. The third-order valence-electron chi connectivity index (χ3n) is 9.28. The number of carboxylic acids is 1. The first kappa shape index (κ1) is 33.3. The molecule has 6 atom stereocenters. The molecule has 0 aromatic heterocycles. The summed E-state index contributed by atoms with van der Waals surface area (Å²) in [5.41, 5.74) is -0.0184. The summed E-state index contributed by atoms with van der Waals surface area (Å²) in [6, 6.07) is 5.86. The number of fused-ring (bicyclic) bond motifs is 3. The van der Waals surface area contributed by atoms with Gasteiger partial charge in [-0.05, 0) is 63.5 Å². The monoisotopic (exact) mass is 638 g/mol. The van der Waals surface area contributed by atoms with Crippen LogP contribution in [0.4, 0.5) is 9.59 Å². The Balaban J connectivity index is 1.37. The molecule has 3 aliphatic heterocycles. The highest BCUT2D eigenvalue weighted by atomic mass is 16.6. The molecule has 1 aromatic rings. The summed E-state index contributed by atoms with van der Waals surface area (Å²) in [6.07, 6.45) is 5.26. The van der Waals surface area contributed by atoms with Gasteiger partial charge in [0.25, 0.3) is 0 Å². The van der Waals surface area contributed by atoms with Crippen LogP contribution in [-0.4, -0.2) is 87.3 Å². The largest absolute Gasteiger partial charge is 0.479 e. The maximum atomic E-state index is 14.1. The van der Waals surface area contributed by atoms with Gasteiger partial charge in [-0.1, -0.05) is 56.2 Å². The van der Waals surface area contributed by atoms with Crippen LogP contribution in [0.15, 0.2) is 36.4 Å². The summed E-state index contributed by atoms with van der Waals surface area (Å²) in [7, 11) is 0. The summed E-state index contributed by atoms with van der Waals surface area (Å²) < 4.78 is 11.3. The molecule has 4 amide bonds. The van der Waals surface area contributed by atoms with E-state index in [0.717, 1.165) is 24.8 Å². The number of carboxylic acid groups (broad SMARTS) is 1. The lowest BCUT2D eigenvalue weighted by Gasteiger charge is -2.33. The molecular formula is C34H46N4O8. The van der Waals surface area contributed by atoms with Crippen molar-refractivity contribution < 1.29 is 38.6 Å². The predicted octanol–water partition coefficient (Wildman–Crippen LogP) is 4.08. The first-order valence-electron chi connectivity index (χ1n) is 16.3. The number of hydrogen-bond acceptors (Lipinski definition) is 7. The molecule has 0 unspecified atom stereocenters.